The maximum atomic E-state index is 14.8. The van der Waals surface area contributed by atoms with E-state index in [1.807, 2.05) is 115 Å². The van der Waals surface area contributed by atoms with Gasteiger partial charge in [0.05, 0.1) is 0 Å². The Morgan fingerprint density at radius 2 is 1.25 bits per heavy atom. The third kappa shape index (κ3) is 3.77. The average Bonchev–Trinajstić information content (AvgIpc) is 3.29. The molecule has 0 bridgehead atoms. The van der Waals surface area contributed by atoms with E-state index in [2.05, 4.69) is 0 Å². The van der Waals surface area contributed by atoms with Crippen LogP contribution >= 0.6 is 18.5 Å². The van der Waals surface area contributed by atoms with Gasteiger partial charge in [-0.15, -0.1) is 11.3 Å². The summed E-state index contributed by atoms with van der Waals surface area (Å²) in [6, 6.07) is 33.4. The van der Waals surface area contributed by atoms with Crippen molar-refractivity contribution >= 4 is 35.3 Å². The summed E-state index contributed by atoms with van der Waals surface area (Å²) in [5, 5.41) is 3.66. The van der Waals surface area contributed by atoms with E-state index in [4.69, 9.17) is 4.99 Å². The lowest BCUT2D eigenvalue weighted by atomic mass is 10.2. The number of hydrogen-bond acceptors (Lipinski definition) is 3. The van der Waals surface area contributed by atoms with E-state index in [1.54, 1.807) is 11.3 Å². The van der Waals surface area contributed by atoms with Crippen LogP contribution in [-0.4, -0.2) is 6.21 Å². The monoisotopic (exact) mass is 401 g/mol. The van der Waals surface area contributed by atoms with Gasteiger partial charge in [0.1, 0.15) is 5.78 Å². The van der Waals surface area contributed by atoms with Crippen molar-refractivity contribution in [3.05, 3.63) is 119 Å². The number of thiophene rings is 1. The molecule has 1 aromatic heterocycles. The molecule has 0 aliphatic rings. The Morgan fingerprint density at radius 1 is 0.714 bits per heavy atom. The van der Waals surface area contributed by atoms with Gasteiger partial charge in [-0.05, 0) is 17.0 Å². The summed E-state index contributed by atoms with van der Waals surface area (Å²) in [6.45, 7) is 0. The van der Waals surface area contributed by atoms with E-state index >= 15 is 0 Å². The third-order valence-corrected chi connectivity index (χ3v) is 8.67. The van der Waals surface area contributed by atoms with Crippen molar-refractivity contribution < 1.29 is 4.57 Å². The van der Waals surface area contributed by atoms with Gasteiger partial charge in [0.2, 0.25) is 0 Å². The molecule has 28 heavy (non-hydrogen) atoms. The Bertz CT molecular complexity index is 1030. The third-order valence-electron chi connectivity index (χ3n) is 4.61. The number of rotatable bonds is 6. The van der Waals surface area contributed by atoms with Gasteiger partial charge < -0.3 is 4.57 Å². The van der Waals surface area contributed by atoms with E-state index in [1.165, 1.54) is 0 Å². The molecular formula is C24H20NOPS. The van der Waals surface area contributed by atoms with Crippen LogP contribution in [0.3, 0.4) is 0 Å². The Morgan fingerprint density at radius 3 is 1.75 bits per heavy atom. The maximum Gasteiger partial charge on any atom is 0.170 e. The highest BCUT2D eigenvalue weighted by Gasteiger charge is 2.37. The molecule has 3 aromatic carbocycles. The van der Waals surface area contributed by atoms with Crippen molar-refractivity contribution in [2.75, 3.05) is 0 Å². The summed E-state index contributed by atoms with van der Waals surface area (Å²) in [6.07, 6.45) is 1.85. The van der Waals surface area contributed by atoms with Crippen molar-refractivity contribution in [2.45, 2.75) is 5.78 Å². The van der Waals surface area contributed by atoms with Crippen LogP contribution in [0.1, 0.15) is 16.2 Å². The van der Waals surface area contributed by atoms with Gasteiger partial charge in [0.25, 0.3) is 0 Å². The summed E-state index contributed by atoms with van der Waals surface area (Å²) in [5.41, 5.74) is 0.950. The molecular weight excluding hydrogens is 381 g/mol. The molecule has 0 spiro atoms. The standard InChI is InChI=1S/C24H20NOPS/c26-27(21-13-6-2-7-14-21,22-15-8-3-9-16-22)24(20-11-4-1-5-12-20)25-19-23-17-10-18-28-23/h1-19,24H/t24-/m1/s1. The SMILES string of the molecule is O=P(c1ccccc1)(c1ccccc1)[C@@H](N=Cc1cccs1)c1ccccc1. The fourth-order valence-electron chi connectivity index (χ4n) is 3.25. The zero-order valence-electron chi connectivity index (χ0n) is 15.3. The van der Waals surface area contributed by atoms with Crippen molar-refractivity contribution in [3.63, 3.8) is 0 Å². The van der Waals surface area contributed by atoms with Crippen molar-refractivity contribution in [3.8, 4) is 0 Å². The van der Waals surface area contributed by atoms with Crippen LogP contribution in [0, 0.1) is 0 Å². The van der Waals surface area contributed by atoms with Gasteiger partial charge in [-0.3, -0.25) is 4.99 Å². The quantitative estimate of drug-likeness (QED) is 0.293. The Balaban J connectivity index is 1.92. The summed E-state index contributed by atoms with van der Waals surface area (Å²) >= 11 is 1.62. The maximum absolute atomic E-state index is 14.8. The molecule has 1 heterocycles. The van der Waals surface area contributed by atoms with Gasteiger partial charge >= 0.3 is 0 Å². The molecule has 4 aromatic rings. The van der Waals surface area contributed by atoms with Crippen LogP contribution in [0.2, 0.25) is 0 Å². The van der Waals surface area contributed by atoms with Gasteiger partial charge in [-0.25, -0.2) is 0 Å². The molecule has 4 rings (SSSR count). The highest BCUT2D eigenvalue weighted by molar-refractivity contribution is 7.79. The fourth-order valence-corrected chi connectivity index (χ4v) is 6.79. The highest BCUT2D eigenvalue weighted by Crippen LogP contribution is 2.57. The molecule has 0 N–H and O–H groups in total. The molecule has 138 valence electrons. The van der Waals surface area contributed by atoms with Crippen LogP contribution in [0.15, 0.2) is 114 Å². The first-order chi connectivity index (χ1) is 13.8. The van der Waals surface area contributed by atoms with Gasteiger partial charge in [-0.2, -0.15) is 0 Å². The number of hydrogen-bond donors (Lipinski definition) is 0. The number of nitrogens with zero attached hydrogens (tertiary/aromatic N) is 1. The second-order valence-corrected chi connectivity index (χ2v) is 10.2. The first kappa shape index (κ1) is 18.6. The molecule has 4 heteroatoms. The van der Waals surface area contributed by atoms with E-state index < -0.39 is 12.9 Å². The predicted molar refractivity (Wildman–Crippen MR) is 121 cm³/mol. The van der Waals surface area contributed by atoms with Crippen LogP contribution in [0.4, 0.5) is 0 Å². The summed E-state index contributed by atoms with van der Waals surface area (Å²) in [4.78, 5) is 5.93. The summed E-state index contributed by atoms with van der Waals surface area (Å²) in [5.74, 6) is -0.486. The van der Waals surface area contributed by atoms with Gasteiger partial charge in [-0.1, -0.05) is 97.1 Å². The molecule has 0 radical (unpaired) electrons. The number of benzene rings is 3. The summed E-state index contributed by atoms with van der Waals surface area (Å²) in [7, 11) is -3.07. The molecule has 1 atom stereocenters. The van der Waals surface area contributed by atoms with Gasteiger partial charge in [0, 0.05) is 21.7 Å². The van der Waals surface area contributed by atoms with Crippen molar-refractivity contribution in [2.24, 2.45) is 4.99 Å². The largest absolute Gasteiger partial charge is 0.311 e. The molecule has 0 aliphatic heterocycles. The first-order valence-electron chi connectivity index (χ1n) is 9.11. The second kappa shape index (κ2) is 8.52. The lowest BCUT2D eigenvalue weighted by Crippen LogP contribution is -2.20. The lowest BCUT2D eigenvalue weighted by molar-refractivity contribution is 0.579. The zero-order chi connectivity index (χ0) is 19.2. The predicted octanol–water partition coefficient (Wildman–Crippen LogP) is 5.88. The first-order valence-corrected chi connectivity index (χ1v) is 11.8. The van der Waals surface area contributed by atoms with Crippen LogP contribution in [0.5, 0.6) is 0 Å². The van der Waals surface area contributed by atoms with E-state index in [0.29, 0.717) is 0 Å². The van der Waals surface area contributed by atoms with E-state index in [9.17, 15) is 4.57 Å². The average molecular weight is 401 g/mol. The van der Waals surface area contributed by atoms with Crippen LogP contribution < -0.4 is 10.6 Å². The molecule has 0 aliphatic carbocycles. The fraction of sp³-hybridized carbons (Fsp3) is 0.0417. The summed E-state index contributed by atoms with van der Waals surface area (Å²) < 4.78 is 14.8. The van der Waals surface area contributed by atoms with Crippen molar-refractivity contribution in [1.82, 2.24) is 0 Å². The Kier molecular flexibility index (Phi) is 5.66. The van der Waals surface area contributed by atoms with E-state index in [0.717, 1.165) is 21.0 Å². The minimum atomic E-state index is -3.07. The van der Waals surface area contributed by atoms with Crippen molar-refractivity contribution in [1.29, 1.82) is 0 Å². The minimum absolute atomic E-state index is 0.486. The molecule has 0 unspecified atom stereocenters. The number of aliphatic imine (C=N–C) groups is 1. The molecule has 0 saturated heterocycles. The molecule has 0 fully saturated rings. The minimum Gasteiger partial charge on any atom is -0.311 e. The van der Waals surface area contributed by atoms with Gasteiger partial charge in [0.15, 0.2) is 7.14 Å². The lowest BCUT2D eigenvalue weighted by Gasteiger charge is -2.26. The molecule has 0 amide bonds. The van der Waals surface area contributed by atoms with Crippen LogP contribution in [0.25, 0.3) is 0 Å². The second-order valence-electron chi connectivity index (χ2n) is 6.41. The molecule has 2 nitrogen and oxygen atoms in total. The van der Waals surface area contributed by atoms with Crippen LogP contribution in [-0.2, 0) is 4.57 Å². The smallest absolute Gasteiger partial charge is 0.170 e. The topological polar surface area (TPSA) is 29.4 Å². The van der Waals surface area contributed by atoms with E-state index in [-0.39, 0.29) is 0 Å². The Labute approximate surface area is 169 Å². The Hall–Kier alpha value is -2.74. The normalized spacial score (nSPS) is 12.9. The molecule has 0 saturated carbocycles. The highest BCUT2D eigenvalue weighted by atomic mass is 32.1. The zero-order valence-corrected chi connectivity index (χ0v) is 17.0.